The molecule has 0 N–H and O–H groups in total. The summed E-state index contributed by atoms with van der Waals surface area (Å²) in [7, 11) is 1.50. The molecule has 0 radical (unpaired) electrons. The number of ether oxygens (including phenoxy) is 4. The predicted octanol–water partition coefficient (Wildman–Crippen LogP) is 3.37. The molecule has 1 aliphatic heterocycles. The predicted molar refractivity (Wildman–Crippen MR) is 101 cm³/mol. The van der Waals surface area contributed by atoms with Crippen LogP contribution in [0, 0.1) is 17.3 Å². The lowest BCUT2D eigenvalue weighted by Crippen LogP contribution is -2.44. The van der Waals surface area contributed by atoms with Gasteiger partial charge in [-0.3, -0.25) is 9.59 Å². The SMILES string of the molecule is C=CCC12C=C(OC)C(=O)C(C(c3ccc4c(c3)OCO4)C1C)C2OC(C)=O. The Balaban J connectivity index is 1.86. The van der Waals surface area contributed by atoms with Crippen molar-refractivity contribution in [1.82, 2.24) is 0 Å². The summed E-state index contributed by atoms with van der Waals surface area (Å²) in [4.78, 5) is 25.1. The lowest BCUT2D eigenvalue weighted by Gasteiger charge is -2.38. The number of hydrogen-bond acceptors (Lipinski definition) is 6. The summed E-state index contributed by atoms with van der Waals surface area (Å²) in [5.41, 5.74) is 0.405. The van der Waals surface area contributed by atoms with Crippen molar-refractivity contribution in [3.63, 3.8) is 0 Å². The van der Waals surface area contributed by atoms with E-state index in [0.717, 1.165) is 5.56 Å². The lowest BCUT2D eigenvalue weighted by molar-refractivity contribution is -0.156. The summed E-state index contributed by atoms with van der Waals surface area (Å²) in [5, 5.41) is 0. The van der Waals surface area contributed by atoms with Crippen molar-refractivity contribution < 1.29 is 28.5 Å². The smallest absolute Gasteiger partial charge is 0.302 e. The molecule has 0 spiro atoms. The molecule has 1 fully saturated rings. The van der Waals surface area contributed by atoms with E-state index >= 15 is 0 Å². The van der Waals surface area contributed by atoms with Crippen molar-refractivity contribution in [1.29, 1.82) is 0 Å². The van der Waals surface area contributed by atoms with Gasteiger partial charge in [-0.1, -0.05) is 19.1 Å². The molecule has 2 aliphatic carbocycles. The first-order chi connectivity index (χ1) is 13.4. The molecule has 5 unspecified atom stereocenters. The van der Waals surface area contributed by atoms with Crippen LogP contribution < -0.4 is 9.47 Å². The third-order valence-corrected chi connectivity index (χ3v) is 6.37. The van der Waals surface area contributed by atoms with Crippen molar-refractivity contribution >= 4 is 11.8 Å². The first kappa shape index (κ1) is 18.6. The monoisotopic (exact) mass is 384 g/mol. The van der Waals surface area contributed by atoms with Crippen LogP contribution in [0.25, 0.3) is 0 Å². The Hall–Kier alpha value is -2.76. The Morgan fingerprint density at radius 3 is 2.75 bits per heavy atom. The molecule has 1 aromatic carbocycles. The van der Waals surface area contributed by atoms with Crippen molar-refractivity contribution in [3.8, 4) is 11.5 Å². The molecule has 1 heterocycles. The van der Waals surface area contributed by atoms with Crippen LogP contribution in [-0.2, 0) is 19.1 Å². The molecule has 6 nitrogen and oxygen atoms in total. The fourth-order valence-electron chi connectivity index (χ4n) is 5.17. The number of rotatable bonds is 5. The van der Waals surface area contributed by atoms with E-state index in [1.165, 1.54) is 14.0 Å². The molecule has 6 heteroatoms. The van der Waals surface area contributed by atoms with Gasteiger partial charge in [0.1, 0.15) is 6.10 Å². The lowest BCUT2D eigenvalue weighted by atomic mass is 9.70. The molecule has 28 heavy (non-hydrogen) atoms. The van der Waals surface area contributed by atoms with Crippen LogP contribution in [-0.4, -0.2) is 31.8 Å². The van der Waals surface area contributed by atoms with E-state index in [1.807, 2.05) is 30.4 Å². The van der Waals surface area contributed by atoms with Crippen LogP contribution in [0.3, 0.4) is 0 Å². The summed E-state index contributed by atoms with van der Waals surface area (Å²) in [6.45, 7) is 7.56. The number of Topliss-reactive ketones (excluding diaryl/α,β-unsaturated/α-hetero) is 1. The average Bonchev–Trinajstić information content (AvgIpc) is 3.19. The summed E-state index contributed by atoms with van der Waals surface area (Å²) >= 11 is 0. The third kappa shape index (κ3) is 2.54. The second kappa shape index (κ2) is 6.69. The van der Waals surface area contributed by atoms with Gasteiger partial charge in [0.25, 0.3) is 0 Å². The Morgan fingerprint density at radius 1 is 1.32 bits per heavy atom. The normalized spacial score (nSPS) is 32.7. The number of carbonyl (C=O) groups is 2. The van der Waals surface area contributed by atoms with Gasteiger partial charge in [0, 0.05) is 18.3 Å². The van der Waals surface area contributed by atoms with E-state index in [1.54, 1.807) is 0 Å². The molecule has 5 atom stereocenters. The third-order valence-electron chi connectivity index (χ3n) is 6.37. The second-order valence-corrected chi connectivity index (χ2v) is 7.67. The molecule has 1 aromatic rings. The Labute approximate surface area is 164 Å². The fourth-order valence-corrected chi connectivity index (χ4v) is 5.17. The highest BCUT2D eigenvalue weighted by Crippen LogP contribution is 2.62. The molecule has 0 amide bonds. The highest BCUT2D eigenvalue weighted by molar-refractivity contribution is 5.99. The second-order valence-electron chi connectivity index (χ2n) is 7.67. The summed E-state index contributed by atoms with van der Waals surface area (Å²) in [6, 6.07) is 5.75. The Kier molecular flexibility index (Phi) is 4.44. The van der Waals surface area contributed by atoms with Gasteiger partial charge in [-0.2, -0.15) is 0 Å². The standard InChI is InChI=1S/C22H24O6/c1-5-8-22-10-17(25-4)20(24)19(21(22)28-13(3)23)18(12(22)2)14-6-7-15-16(9-14)27-11-26-15/h5-7,9-10,12,18-19,21H,1,8,11H2,2-4H3. The van der Waals surface area contributed by atoms with E-state index in [0.29, 0.717) is 23.7 Å². The van der Waals surface area contributed by atoms with E-state index in [-0.39, 0.29) is 24.4 Å². The summed E-state index contributed by atoms with van der Waals surface area (Å²) in [6.07, 6.45) is 3.66. The summed E-state index contributed by atoms with van der Waals surface area (Å²) < 4.78 is 22.1. The van der Waals surface area contributed by atoms with Crippen LogP contribution in [0.15, 0.2) is 42.7 Å². The molecule has 148 valence electrons. The van der Waals surface area contributed by atoms with Crippen molar-refractivity contribution in [2.75, 3.05) is 13.9 Å². The minimum atomic E-state index is -0.570. The number of methoxy groups -OCH3 is 1. The van der Waals surface area contributed by atoms with Crippen LogP contribution >= 0.6 is 0 Å². The van der Waals surface area contributed by atoms with E-state index < -0.39 is 23.4 Å². The maximum absolute atomic E-state index is 13.2. The molecular formula is C22H24O6. The van der Waals surface area contributed by atoms with Gasteiger partial charge in [-0.25, -0.2) is 0 Å². The number of esters is 1. The molecule has 0 aromatic heterocycles. The maximum atomic E-state index is 13.2. The quantitative estimate of drug-likeness (QED) is 0.573. The Morgan fingerprint density at radius 2 is 2.07 bits per heavy atom. The number of fused-ring (bicyclic) bond motifs is 3. The van der Waals surface area contributed by atoms with Gasteiger partial charge in [0.05, 0.1) is 13.0 Å². The first-order valence-electron chi connectivity index (χ1n) is 9.41. The van der Waals surface area contributed by atoms with Crippen LogP contribution in [0.1, 0.15) is 31.7 Å². The first-order valence-corrected chi connectivity index (χ1v) is 9.41. The molecule has 1 saturated carbocycles. The van der Waals surface area contributed by atoms with Gasteiger partial charge in [-0.05, 0) is 36.1 Å². The van der Waals surface area contributed by atoms with Gasteiger partial charge >= 0.3 is 5.97 Å². The fraction of sp³-hybridized carbons (Fsp3) is 0.455. The highest BCUT2D eigenvalue weighted by atomic mass is 16.7. The number of carbonyl (C=O) groups excluding carboxylic acids is 2. The molecule has 4 rings (SSSR count). The molecular weight excluding hydrogens is 360 g/mol. The van der Waals surface area contributed by atoms with Gasteiger partial charge < -0.3 is 18.9 Å². The maximum Gasteiger partial charge on any atom is 0.302 e. The van der Waals surface area contributed by atoms with Gasteiger partial charge in [0.15, 0.2) is 17.3 Å². The summed E-state index contributed by atoms with van der Waals surface area (Å²) in [5.74, 6) is 0.470. The molecule has 0 saturated heterocycles. The zero-order valence-electron chi connectivity index (χ0n) is 16.3. The topological polar surface area (TPSA) is 71.1 Å². The van der Waals surface area contributed by atoms with E-state index in [2.05, 4.69) is 13.5 Å². The van der Waals surface area contributed by atoms with Gasteiger partial charge in [-0.15, -0.1) is 6.58 Å². The van der Waals surface area contributed by atoms with Crippen LogP contribution in [0.5, 0.6) is 11.5 Å². The molecule has 3 aliphatic rings. The molecule has 2 bridgehead atoms. The van der Waals surface area contributed by atoms with Crippen molar-refractivity contribution in [2.24, 2.45) is 17.3 Å². The largest absolute Gasteiger partial charge is 0.493 e. The number of ketones is 1. The van der Waals surface area contributed by atoms with E-state index in [4.69, 9.17) is 18.9 Å². The van der Waals surface area contributed by atoms with E-state index in [9.17, 15) is 9.59 Å². The minimum Gasteiger partial charge on any atom is -0.493 e. The number of benzene rings is 1. The van der Waals surface area contributed by atoms with Crippen molar-refractivity contribution in [3.05, 3.63) is 48.3 Å². The van der Waals surface area contributed by atoms with Crippen molar-refractivity contribution in [2.45, 2.75) is 32.3 Å². The number of hydrogen-bond donors (Lipinski definition) is 0. The average molecular weight is 384 g/mol. The highest BCUT2D eigenvalue weighted by Gasteiger charge is 2.64. The zero-order chi connectivity index (χ0) is 20.1. The Bertz CT molecular complexity index is 872. The number of allylic oxidation sites excluding steroid dienone is 2. The van der Waals surface area contributed by atoms with Gasteiger partial charge in [0.2, 0.25) is 12.6 Å². The zero-order valence-corrected chi connectivity index (χ0v) is 16.3. The minimum absolute atomic E-state index is 0.0109. The van der Waals surface area contributed by atoms with Crippen LogP contribution in [0.2, 0.25) is 0 Å². The van der Waals surface area contributed by atoms with Crippen LogP contribution in [0.4, 0.5) is 0 Å².